The second kappa shape index (κ2) is 3.12. The highest BCUT2D eigenvalue weighted by molar-refractivity contribution is 5.95. The Bertz CT molecular complexity index is 272. The Kier molecular flexibility index (Phi) is 2.18. The van der Waals surface area contributed by atoms with Crippen LogP contribution >= 0.6 is 0 Å². The third-order valence-corrected chi connectivity index (χ3v) is 1.24. The zero-order valence-electron chi connectivity index (χ0n) is 5.95. The Morgan fingerprint density at radius 2 is 2.27 bits per heavy atom. The summed E-state index contributed by atoms with van der Waals surface area (Å²) < 4.78 is 0. The molecule has 0 saturated carbocycles. The zero-order chi connectivity index (χ0) is 8.27. The lowest BCUT2D eigenvalue weighted by Gasteiger charge is -1.96. The molecule has 4 heteroatoms. The van der Waals surface area contributed by atoms with Gasteiger partial charge in [0.2, 0.25) is 0 Å². The minimum absolute atomic E-state index is 0.0313. The molecule has 0 aliphatic rings. The van der Waals surface area contributed by atoms with Crippen LogP contribution in [0.1, 0.15) is 10.5 Å². The van der Waals surface area contributed by atoms with Gasteiger partial charge in [-0.25, -0.2) is 4.98 Å². The van der Waals surface area contributed by atoms with Crippen LogP contribution in [0.25, 0.3) is 0 Å². The molecule has 0 radical (unpaired) electrons. The van der Waals surface area contributed by atoms with Crippen LogP contribution in [0.4, 0.5) is 5.82 Å². The van der Waals surface area contributed by atoms with Crippen molar-refractivity contribution in [2.45, 2.75) is 0 Å². The van der Waals surface area contributed by atoms with Gasteiger partial charge in [0, 0.05) is 0 Å². The Labute approximate surface area is 64.2 Å². The van der Waals surface area contributed by atoms with Crippen molar-refractivity contribution in [2.24, 2.45) is 5.73 Å². The molecule has 0 spiro atoms. The predicted molar refractivity (Wildman–Crippen MR) is 42.0 cm³/mol. The summed E-state index contributed by atoms with van der Waals surface area (Å²) >= 11 is 0. The normalized spacial score (nSPS) is 9.55. The van der Waals surface area contributed by atoms with E-state index in [4.69, 9.17) is 11.5 Å². The van der Waals surface area contributed by atoms with Crippen molar-refractivity contribution >= 4 is 11.6 Å². The van der Waals surface area contributed by atoms with Crippen LogP contribution in [0.5, 0.6) is 0 Å². The Balaban J connectivity index is 2.96. The molecule has 0 atom stereocenters. The van der Waals surface area contributed by atoms with E-state index < -0.39 is 0 Å². The molecule has 0 amide bonds. The Morgan fingerprint density at radius 3 is 2.82 bits per heavy atom. The number of ketones is 1. The van der Waals surface area contributed by atoms with Gasteiger partial charge in [0.1, 0.15) is 11.5 Å². The summed E-state index contributed by atoms with van der Waals surface area (Å²) in [5, 5.41) is 0. The number of Topliss-reactive ketones (excluding diaryl/α,β-unsaturated/α-hetero) is 1. The first-order valence-electron chi connectivity index (χ1n) is 3.20. The first-order chi connectivity index (χ1) is 5.24. The molecule has 1 aromatic rings. The van der Waals surface area contributed by atoms with Crippen molar-refractivity contribution in [1.29, 1.82) is 0 Å². The molecule has 0 saturated heterocycles. The molecule has 11 heavy (non-hydrogen) atoms. The maximum Gasteiger partial charge on any atom is 0.194 e. The number of aromatic nitrogens is 1. The summed E-state index contributed by atoms with van der Waals surface area (Å²) in [5.74, 6) is 0.140. The van der Waals surface area contributed by atoms with Gasteiger partial charge in [-0.15, -0.1) is 0 Å². The first-order valence-corrected chi connectivity index (χ1v) is 3.20. The lowest BCUT2D eigenvalue weighted by molar-refractivity contribution is 0.0997. The molecular weight excluding hydrogens is 142 g/mol. The number of hydrogen-bond acceptors (Lipinski definition) is 4. The largest absolute Gasteiger partial charge is 0.384 e. The van der Waals surface area contributed by atoms with Crippen molar-refractivity contribution in [2.75, 3.05) is 12.3 Å². The highest BCUT2D eigenvalue weighted by atomic mass is 16.1. The topological polar surface area (TPSA) is 82.0 Å². The number of nitrogen functional groups attached to an aromatic ring is 1. The average molecular weight is 151 g/mol. The molecule has 1 heterocycles. The molecule has 58 valence electrons. The molecule has 0 aromatic carbocycles. The van der Waals surface area contributed by atoms with Crippen molar-refractivity contribution in [3.05, 3.63) is 23.9 Å². The monoisotopic (exact) mass is 151 g/mol. The predicted octanol–water partition coefficient (Wildman–Crippen LogP) is -0.195. The summed E-state index contributed by atoms with van der Waals surface area (Å²) in [4.78, 5) is 14.7. The number of nitrogens with two attached hydrogens (primary N) is 2. The van der Waals surface area contributed by atoms with Gasteiger partial charge in [-0.2, -0.15) is 0 Å². The molecule has 4 N–H and O–H groups in total. The number of carbonyl (C=O) groups is 1. The number of hydrogen-bond donors (Lipinski definition) is 2. The van der Waals surface area contributed by atoms with E-state index in [0.29, 0.717) is 11.5 Å². The first kappa shape index (κ1) is 7.68. The fraction of sp³-hybridized carbons (Fsp3) is 0.143. The molecule has 0 aliphatic carbocycles. The lowest BCUT2D eigenvalue weighted by atomic mass is 10.2. The van der Waals surface area contributed by atoms with Crippen molar-refractivity contribution in [3.63, 3.8) is 0 Å². The standard InChI is InChI=1S/C7H9N3O/c8-4-6(11)5-2-1-3-7(9)10-5/h1-3H,4,8H2,(H2,9,10). The maximum absolute atomic E-state index is 10.9. The van der Waals surface area contributed by atoms with E-state index in [-0.39, 0.29) is 12.3 Å². The summed E-state index contributed by atoms with van der Waals surface area (Å²) in [5.41, 5.74) is 10.8. The smallest absolute Gasteiger partial charge is 0.194 e. The summed E-state index contributed by atoms with van der Waals surface area (Å²) in [6, 6.07) is 4.88. The Morgan fingerprint density at radius 1 is 1.55 bits per heavy atom. The molecule has 1 aromatic heterocycles. The number of carbonyl (C=O) groups excluding carboxylic acids is 1. The van der Waals surface area contributed by atoms with Crippen LogP contribution in [0.2, 0.25) is 0 Å². The molecule has 0 fully saturated rings. The van der Waals surface area contributed by atoms with E-state index in [1.807, 2.05) is 0 Å². The van der Waals surface area contributed by atoms with Crippen LogP contribution in [-0.2, 0) is 0 Å². The SMILES string of the molecule is NCC(=O)c1cccc(N)n1. The van der Waals surface area contributed by atoms with Crippen molar-refractivity contribution in [1.82, 2.24) is 4.98 Å². The average Bonchev–Trinajstić information content (AvgIpc) is 2.03. The van der Waals surface area contributed by atoms with Gasteiger partial charge in [-0.1, -0.05) is 6.07 Å². The van der Waals surface area contributed by atoms with Gasteiger partial charge in [-0.3, -0.25) is 4.79 Å². The van der Waals surface area contributed by atoms with E-state index in [1.165, 1.54) is 0 Å². The molecule has 0 unspecified atom stereocenters. The van der Waals surface area contributed by atoms with Gasteiger partial charge in [0.25, 0.3) is 0 Å². The van der Waals surface area contributed by atoms with Crippen LogP contribution < -0.4 is 11.5 Å². The third kappa shape index (κ3) is 1.75. The van der Waals surface area contributed by atoms with Gasteiger partial charge in [0.15, 0.2) is 5.78 Å². The van der Waals surface area contributed by atoms with E-state index >= 15 is 0 Å². The molecular formula is C7H9N3O. The second-order valence-electron chi connectivity index (χ2n) is 2.07. The van der Waals surface area contributed by atoms with E-state index in [2.05, 4.69) is 4.98 Å². The molecule has 0 bridgehead atoms. The second-order valence-corrected chi connectivity index (χ2v) is 2.07. The highest BCUT2D eigenvalue weighted by Gasteiger charge is 2.03. The minimum Gasteiger partial charge on any atom is -0.384 e. The zero-order valence-corrected chi connectivity index (χ0v) is 5.95. The lowest BCUT2D eigenvalue weighted by Crippen LogP contribution is -2.15. The van der Waals surface area contributed by atoms with Gasteiger partial charge >= 0.3 is 0 Å². The van der Waals surface area contributed by atoms with Gasteiger partial charge in [-0.05, 0) is 12.1 Å². The summed E-state index contributed by atoms with van der Waals surface area (Å²) in [6.07, 6.45) is 0. The van der Waals surface area contributed by atoms with Crippen LogP contribution in [0.3, 0.4) is 0 Å². The molecule has 1 rings (SSSR count). The number of rotatable bonds is 2. The number of pyridine rings is 1. The fourth-order valence-corrected chi connectivity index (χ4v) is 0.711. The third-order valence-electron chi connectivity index (χ3n) is 1.24. The van der Waals surface area contributed by atoms with E-state index in [0.717, 1.165) is 0 Å². The quantitative estimate of drug-likeness (QED) is 0.574. The van der Waals surface area contributed by atoms with Crippen molar-refractivity contribution < 1.29 is 4.79 Å². The Hall–Kier alpha value is -1.42. The summed E-state index contributed by atoms with van der Waals surface area (Å²) in [7, 11) is 0. The van der Waals surface area contributed by atoms with Gasteiger partial charge < -0.3 is 11.5 Å². The summed E-state index contributed by atoms with van der Waals surface area (Å²) in [6.45, 7) is -0.0313. The molecule has 4 nitrogen and oxygen atoms in total. The minimum atomic E-state index is -0.197. The molecule has 0 aliphatic heterocycles. The maximum atomic E-state index is 10.9. The number of nitrogens with zero attached hydrogens (tertiary/aromatic N) is 1. The van der Waals surface area contributed by atoms with E-state index in [1.54, 1.807) is 18.2 Å². The highest BCUT2D eigenvalue weighted by Crippen LogP contribution is 1.99. The fourth-order valence-electron chi connectivity index (χ4n) is 0.711. The van der Waals surface area contributed by atoms with Crippen LogP contribution in [0.15, 0.2) is 18.2 Å². The van der Waals surface area contributed by atoms with Crippen LogP contribution in [0, 0.1) is 0 Å². The van der Waals surface area contributed by atoms with Gasteiger partial charge in [0.05, 0.1) is 6.54 Å². The van der Waals surface area contributed by atoms with Crippen molar-refractivity contribution in [3.8, 4) is 0 Å². The van der Waals surface area contributed by atoms with Crippen LogP contribution in [-0.4, -0.2) is 17.3 Å². The number of anilines is 1. The van der Waals surface area contributed by atoms with E-state index in [9.17, 15) is 4.79 Å².